The van der Waals surface area contributed by atoms with Crippen molar-refractivity contribution in [3.63, 3.8) is 0 Å². The molecule has 0 bridgehead atoms. The van der Waals surface area contributed by atoms with Crippen LogP contribution in [0.1, 0.15) is 45.6 Å². The summed E-state index contributed by atoms with van der Waals surface area (Å²) in [5.74, 6) is 0. The van der Waals surface area contributed by atoms with Gasteiger partial charge in [-0.25, -0.2) is 0 Å². The number of rotatable bonds is 5. The van der Waals surface area contributed by atoms with Gasteiger partial charge in [-0.2, -0.15) is 0 Å². The van der Waals surface area contributed by atoms with Crippen LogP contribution in [0, 0.1) is 0 Å². The molecule has 112 valence electrons. The fraction of sp³-hybridized carbons (Fsp3) is 0.647. The predicted octanol–water partition coefficient (Wildman–Crippen LogP) is 4.08. The summed E-state index contributed by atoms with van der Waals surface area (Å²) >= 11 is 6.34. The van der Waals surface area contributed by atoms with Gasteiger partial charge >= 0.3 is 0 Å². The zero-order valence-electron chi connectivity index (χ0n) is 13.0. The summed E-state index contributed by atoms with van der Waals surface area (Å²) in [5, 5.41) is 4.60. The van der Waals surface area contributed by atoms with Crippen molar-refractivity contribution in [1.82, 2.24) is 10.2 Å². The maximum absolute atomic E-state index is 6.34. The zero-order valence-corrected chi connectivity index (χ0v) is 13.7. The van der Waals surface area contributed by atoms with Crippen LogP contribution in [0.2, 0.25) is 5.02 Å². The van der Waals surface area contributed by atoms with Crippen molar-refractivity contribution in [2.75, 3.05) is 13.1 Å². The molecule has 0 radical (unpaired) electrons. The average Bonchev–Trinajstić information content (AvgIpc) is 2.45. The van der Waals surface area contributed by atoms with Crippen LogP contribution in [0.15, 0.2) is 24.3 Å². The van der Waals surface area contributed by atoms with Crippen LogP contribution in [-0.4, -0.2) is 29.6 Å². The second-order valence-corrected chi connectivity index (χ2v) is 6.60. The van der Waals surface area contributed by atoms with Gasteiger partial charge in [0.2, 0.25) is 0 Å². The maximum Gasteiger partial charge on any atom is 0.0451 e. The van der Waals surface area contributed by atoms with E-state index in [9.17, 15) is 0 Å². The molecule has 0 saturated carbocycles. The van der Waals surface area contributed by atoms with Crippen LogP contribution in [0.4, 0.5) is 0 Å². The van der Waals surface area contributed by atoms with Crippen molar-refractivity contribution >= 4 is 11.6 Å². The molecule has 2 rings (SSSR count). The van der Waals surface area contributed by atoms with Crippen LogP contribution >= 0.6 is 11.6 Å². The monoisotopic (exact) mass is 294 g/mol. The van der Waals surface area contributed by atoms with Crippen LogP contribution in [0.5, 0.6) is 0 Å². The first-order valence-electron chi connectivity index (χ1n) is 7.81. The van der Waals surface area contributed by atoms with Crippen LogP contribution in [0.25, 0.3) is 0 Å². The summed E-state index contributed by atoms with van der Waals surface area (Å²) in [6, 6.07) is 8.84. The summed E-state index contributed by atoms with van der Waals surface area (Å²) in [5.41, 5.74) is 1.47. The number of benzene rings is 1. The molecule has 0 aromatic heterocycles. The van der Waals surface area contributed by atoms with Gasteiger partial charge in [0.15, 0.2) is 0 Å². The van der Waals surface area contributed by atoms with Gasteiger partial charge in [-0.05, 0) is 31.4 Å². The molecular weight excluding hydrogens is 268 g/mol. The molecule has 2 nitrogen and oxygen atoms in total. The highest BCUT2D eigenvalue weighted by molar-refractivity contribution is 6.31. The molecule has 1 aliphatic rings. The van der Waals surface area contributed by atoms with E-state index in [1.165, 1.54) is 18.4 Å². The van der Waals surface area contributed by atoms with Crippen molar-refractivity contribution < 1.29 is 0 Å². The molecule has 0 aliphatic carbocycles. The lowest BCUT2D eigenvalue weighted by atomic mass is 9.90. The Morgan fingerprint density at radius 1 is 1.35 bits per heavy atom. The fourth-order valence-corrected chi connectivity index (χ4v) is 3.20. The molecule has 3 heteroatoms. The highest BCUT2D eigenvalue weighted by Gasteiger charge is 2.36. The number of piperazine rings is 1. The Hall–Kier alpha value is -0.570. The molecule has 1 fully saturated rings. The SMILES string of the molecule is CCCC1CN(Cc2ccccc2Cl)C(C)(CC)CN1. The lowest BCUT2D eigenvalue weighted by Gasteiger charge is -2.48. The van der Waals surface area contributed by atoms with E-state index >= 15 is 0 Å². The second kappa shape index (κ2) is 6.93. The zero-order chi connectivity index (χ0) is 14.6. The van der Waals surface area contributed by atoms with E-state index < -0.39 is 0 Å². The standard InChI is InChI=1S/C17H27ClN2/c1-4-8-15-12-20(17(3,5-2)13-19-15)11-14-9-6-7-10-16(14)18/h6-7,9-10,15,19H,4-5,8,11-13H2,1-3H3. The fourth-order valence-electron chi connectivity index (χ4n) is 3.01. The summed E-state index contributed by atoms with van der Waals surface area (Å²) in [4.78, 5) is 2.62. The van der Waals surface area contributed by atoms with E-state index in [0.717, 1.165) is 31.1 Å². The number of hydrogen-bond donors (Lipinski definition) is 1. The third kappa shape index (κ3) is 3.55. The summed E-state index contributed by atoms with van der Waals surface area (Å²) < 4.78 is 0. The molecule has 0 amide bonds. The minimum absolute atomic E-state index is 0.226. The highest BCUT2D eigenvalue weighted by atomic mass is 35.5. The smallest absolute Gasteiger partial charge is 0.0451 e. The molecule has 1 aromatic rings. The van der Waals surface area contributed by atoms with E-state index in [2.05, 4.69) is 43.1 Å². The minimum Gasteiger partial charge on any atom is -0.311 e. The van der Waals surface area contributed by atoms with Gasteiger partial charge in [-0.1, -0.05) is 50.1 Å². The Kier molecular flexibility index (Phi) is 5.48. The maximum atomic E-state index is 6.34. The Balaban J connectivity index is 2.13. The molecule has 1 N–H and O–H groups in total. The number of hydrogen-bond acceptors (Lipinski definition) is 2. The van der Waals surface area contributed by atoms with Crippen molar-refractivity contribution in [2.45, 2.75) is 58.2 Å². The first-order chi connectivity index (χ1) is 9.59. The van der Waals surface area contributed by atoms with E-state index in [4.69, 9.17) is 11.6 Å². The average molecular weight is 295 g/mol. The van der Waals surface area contributed by atoms with Gasteiger partial charge in [-0.15, -0.1) is 0 Å². The van der Waals surface area contributed by atoms with Gasteiger partial charge in [-0.3, -0.25) is 4.90 Å². The summed E-state index contributed by atoms with van der Waals surface area (Å²) in [6.07, 6.45) is 3.64. The quantitative estimate of drug-likeness (QED) is 0.880. The predicted molar refractivity (Wildman–Crippen MR) is 87.3 cm³/mol. The third-order valence-electron chi connectivity index (χ3n) is 4.69. The number of nitrogens with zero attached hydrogens (tertiary/aromatic N) is 1. The van der Waals surface area contributed by atoms with Gasteiger partial charge in [0.1, 0.15) is 0 Å². The molecule has 0 spiro atoms. The van der Waals surface area contributed by atoms with E-state index in [-0.39, 0.29) is 5.54 Å². The molecule has 1 saturated heterocycles. The van der Waals surface area contributed by atoms with E-state index in [1.807, 2.05) is 12.1 Å². The number of halogens is 1. The van der Waals surface area contributed by atoms with E-state index in [1.54, 1.807) is 0 Å². The normalized spacial score (nSPS) is 27.7. The van der Waals surface area contributed by atoms with Gasteiger partial charge in [0, 0.05) is 36.2 Å². The summed E-state index contributed by atoms with van der Waals surface area (Å²) in [7, 11) is 0. The molecule has 20 heavy (non-hydrogen) atoms. The van der Waals surface area contributed by atoms with Crippen molar-refractivity contribution in [3.05, 3.63) is 34.9 Å². The number of nitrogens with one attached hydrogen (secondary N) is 1. The molecular formula is C17H27ClN2. The van der Waals surface area contributed by atoms with Crippen molar-refractivity contribution in [1.29, 1.82) is 0 Å². The van der Waals surface area contributed by atoms with Crippen molar-refractivity contribution in [2.24, 2.45) is 0 Å². The largest absolute Gasteiger partial charge is 0.311 e. The van der Waals surface area contributed by atoms with Gasteiger partial charge in [0.05, 0.1) is 0 Å². The molecule has 1 aliphatic heterocycles. The highest BCUT2D eigenvalue weighted by Crippen LogP contribution is 2.28. The molecule has 2 unspecified atom stereocenters. The second-order valence-electron chi connectivity index (χ2n) is 6.19. The Morgan fingerprint density at radius 3 is 2.75 bits per heavy atom. The Labute approximate surface area is 128 Å². The van der Waals surface area contributed by atoms with Gasteiger partial charge < -0.3 is 5.32 Å². The lowest BCUT2D eigenvalue weighted by molar-refractivity contribution is 0.0397. The molecule has 1 aromatic carbocycles. The van der Waals surface area contributed by atoms with Crippen molar-refractivity contribution in [3.8, 4) is 0 Å². The lowest BCUT2D eigenvalue weighted by Crippen LogP contribution is -2.62. The van der Waals surface area contributed by atoms with Gasteiger partial charge in [0.25, 0.3) is 0 Å². The third-order valence-corrected chi connectivity index (χ3v) is 5.06. The minimum atomic E-state index is 0.226. The van der Waals surface area contributed by atoms with Crippen LogP contribution in [-0.2, 0) is 6.54 Å². The topological polar surface area (TPSA) is 15.3 Å². The van der Waals surface area contributed by atoms with E-state index in [0.29, 0.717) is 6.04 Å². The van der Waals surface area contributed by atoms with Crippen LogP contribution < -0.4 is 5.32 Å². The Morgan fingerprint density at radius 2 is 2.10 bits per heavy atom. The molecule has 2 atom stereocenters. The summed E-state index contributed by atoms with van der Waals surface area (Å²) in [6.45, 7) is 10.0. The first-order valence-corrected chi connectivity index (χ1v) is 8.18. The first kappa shape index (κ1) is 15.8. The molecule has 1 heterocycles. The van der Waals surface area contributed by atoms with Crippen LogP contribution in [0.3, 0.4) is 0 Å². The Bertz CT molecular complexity index is 435.